The minimum atomic E-state index is -3.79. The number of aromatic nitrogens is 3. The van der Waals surface area contributed by atoms with Gasteiger partial charge in [0.25, 0.3) is 15.9 Å². The van der Waals surface area contributed by atoms with Crippen LogP contribution in [0.3, 0.4) is 0 Å². The molecule has 0 bridgehead atoms. The minimum Gasteiger partial charge on any atom is -0.497 e. The van der Waals surface area contributed by atoms with Crippen LogP contribution in [-0.2, 0) is 10.0 Å². The highest BCUT2D eigenvalue weighted by Gasteiger charge is 2.17. The van der Waals surface area contributed by atoms with E-state index in [1.54, 1.807) is 61.7 Å². The van der Waals surface area contributed by atoms with Gasteiger partial charge >= 0.3 is 0 Å². The fourth-order valence-corrected chi connectivity index (χ4v) is 4.21. The van der Waals surface area contributed by atoms with Crippen molar-refractivity contribution >= 4 is 27.6 Å². The molecule has 3 aromatic carbocycles. The van der Waals surface area contributed by atoms with Gasteiger partial charge in [-0.05, 0) is 42.5 Å². The molecule has 0 radical (unpaired) electrons. The van der Waals surface area contributed by atoms with E-state index in [-0.39, 0.29) is 22.1 Å². The lowest BCUT2D eigenvalue weighted by atomic mass is 10.2. The van der Waals surface area contributed by atoms with Crippen molar-refractivity contribution in [2.24, 2.45) is 0 Å². The van der Waals surface area contributed by atoms with Crippen LogP contribution in [0.25, 0.3) is 11.4 Å². The van der Waals surface area contributed by atoms with Gasteiger partial charge in [-0.15, -0.1) is 5.10 Å². The molecular weight excluding hydrogens is 458 g/mol. The van der Waals surface area contributed by atoms with E-state index in [9.17, 15) is 13.2 Å². The van der Waals surface area contributed by atoms with E-state index in [0.717, 1.165) is 0 Å². The van der Waals surface area contributed by atoms with Crippen molar-refractivity contribution in [1.29, 1.82) is 0 Å². The number of nitrogens with zero attached hydrogens (tertiary/aromatic N) is 2. The van der Waals surface area contributed by atoms with E-state index in [2.05, 4.69) is 25.2 Å². The maximum absolute atomic E-state index is 12.7. The van der Waals surface area contributed by atoms with Crippen LogP contribution in [0.4, 0.5) is 11.6 Å². The summed E-state index contributed by atoms with van der Waals surface area (Å²) in [5.41, 5.74) is 1.10. The summed E-state index contributed by atoms with van der Waals surface area (Å²) < 4.78 is 38.1. The zero-order valence-electron chi connectivity index (χ0n) is 18.3. The van der Waals surface area contributed by atoms with Gasteiger partial charge < -0.3 is 9.47 Å². The van der Waals surface area contributed by atoms with E-state index in [1.165, 1.54) is 25.3 Å². The number of aromatic amines is 1. The summed E-state index contributed by atoms with van der Waals surface area (Å²) in [6.45, 7) is 0. The summed E-state index contributed by atoms with van der Waals surface area (Å²) in [7, 11) is -0.708. The molecule has 0 fully saturated rings. The minimum absolute atomic E-state index is 0.0492. The summed E-state index contributed by atoms with van der Waals surface area (Å²) in [6.07, 6.45) is 0. The molecular formula is C23H21N5O5S. The van der Waals surface area contributed by atoms with E-state index in [4.69, 9.17) is 9.47 Å². The molecule has 4 rings (SSSR count). The molecule has 10 nitrogen and oxygen atoms in total. The second-order valence-electron chi connectivity index (χ2n) is 7.03. The summed E-state index contributed by atoms with van der Waals surface area (Å²) >= 11 is 0. The summed E-state index contributed by atoms with van der Waals surface area (Å²) in [5.74, 6) is 1.07. The number of carbonyl (C=O) groups excluding carboxylic acids is 1. The topological polar surface area (TPSA) is 135 Å². The van der Waals surface area contributed by atoms with Gasteiger partial charge in [0.15, 0.2) is 5.82 Å². The number of hydrogen-bond donors (Lipinski definition) is 3. The SMILES string of the molecule is COc1ccc(-c2nc(NC(=O)c3cccc(NS(=O)(=O)c4ccccc4)c3)n[nH]2)c(OC)c1. The Bertz CT molecular complexity index is 1420. The number of hydrogen-bond acceptors (Lipinski definition) is 7. The van der Waals surface area contributed by atoms with Crippen molar-refractivity contribution in [2.75, 3.05) is 24.3 Å². The first-order valence-electron chi connectivity index (χ1n) is 10.0. The number of nitrogens with one attached hydrogen (secondary N) is 3. The standard InChI is InChI=1S/C23H21N5O5S/c1-32-17-11-12-19(20(14-17)33-2)21-24-23(27-26-21)25-22(29)15-7-6-8-16(13-15)28-34(30,31)18-9-4-3-5-10-18/h3-14,28H,1-2H3,(H2,24,25,26,27,29). The Labute approximate surface area is 196 Å². The van der Waals surface area contributed by atoms with Crippen molar-refractivity contribution in [1.82, 2.24) is 15.2 Å². The maximum atomic E-state index is 12.7. The van der Waals surface area contributed by atoms with Gasteiger partial charge in [-0.1, -0.05) is 24.3 Å². The fraction of sp³-hybridized carbons (Fsp3) is 0.0870. The van der Waals surface area contributed by atoms with Gasteiger partial charge in [0.05, 0.1) is 24.7 Å². The Kier molecular flexibility index (Phi) is 6.46. The molecule has 0 saturated carbocycles. The molecule has 1 heterocycles. The first-order chi connectivity index (χ1) is 16.4. The smallest absolute Gasteiger partial charge is 0.261 e. The van der Waals surface area contributed by atoms with E-state index in [0.29, 0.717) is 22.9 Å². The Balaban J connectivity index is 1.50. The number of ether oxygens (including phenoxy) is 2. The van der Waals surface area contributed by atoms with Gasteiger partial charge in [-0.2, -0.15) is 4.98 Å². The summed E-state index contributed by atoms with van der Waals surface area (Å²) in [4.78, 5) is 17.1. The molecule has 0 aliphatic rings. The predicted molar refractivity (Wildman–Crippen MR) is 127 cm³/mol. The third-order valence-electron chi connectivity index (χ3n) is 4.81. The van der Waals surface area contributed by atoms with E-state index < -0.39 is 15.9 Å². The molecule has 0 aliphatic carbocycles. The number of sulfonamides is 1. The van der Waals surface area contributed by atoms with Crippen molar-refractivity contribution in [3.8, 4) is 22.9 Å². The van der Waals surface area contributed by atoms with Crippen LogP contribution < -0.4 is 19.5 Å². The molecule has 0 spiro atoms. The number of methoxy groups -OCH3 is 2. The predicted octanol–water partition coefficient (Wildman–Crippen LogP) is 3.54. The number of carbonyl (C=O) groups is 1. The Morgan fingerprint density at radius 3 is 2.47 bits per heavy atom. The third-order valence-corrected chi connectivity index (χ3v) is 6.20. The lowest BCUT2D eigenvalue weighted by molar-refractivity contribution is 0.102. The van der Waals surface area contributed by atoms with Crippen LogP contribution in [0.15, 0.2) is 77.7 Å². The number of amides is 1. The van der Waals surface area contributed by atoms with E-state index in [1.807, 2.05) is 0 Å². The van der Waals surface area contributed by atoms with Gasteiger partial charge in [0, 0.05) is 17.3 Å². The molecule has 4 aromatic rings. The summed E-state index contributed by atoms with van der Waals surface area (Å²) in [5, 5.41) is 9.39. The van der Waals surface area contributed by atoms with Crippen LogP contribution in [-0.4, -0.2) is 43.7 Å². The Morgan fingerprint density at radius 1 is 0.941 bits per heavy atom. The second kappa shape index (κ2) is 9.63. The van der Waals surface area contributed by atoms with Crippen molar-refractivity contribution < 1.29 is 22.7 Å². The third kappa shape index (κ3) is 4.99. The van der Waals surface area contributed by atoms with Gasteiger partial charge in [-0.3, -0.25) is 19.9 Å². The maximum Gasteiger partial charge on any atom is 0.261 e. The highest BCUT2D eigenvalue weighted by atomic mass is 32.2. The highest BCUT2D eigenvalue weighted by molar-refractivity contribution is 7.92. The van der Waals surface area contributed by atoms with Gasteiger partial charge in [0.2, 0.25) is 5.95 Å². The molecule has 34 heavy (non-hydrogen) atoms. The van der Waals surface area contributed by atoms with E-state index >= 15 is 0 Å². The molecule has 0 unspecified atom stereocenters. The van der Waals surface area contributed by atoms with Crippen LogP contribution >= 0.6 is 0 Å². The number of benzene rings is 3. The first-order valence-corrected chi connectivity index (χ1v) is 11.5. The molecule has 0 atom stereocenters. The number of anilines is 2. The summed E-state index contributed by atoms with van der Waals surface area (Å²) in [6, 6.07) is 19.3. The molecule has 0 aliphatic heterocycles. The largest absolute Gasteiger partial charge is 0.497 e. The number of rotatable bonds is 8. The molecule has 3 N–H and O–H groups in total. The van der Waals surface area contributed by atoms with Gasteiger partial charge in [-0.25, -0.2) is 8.42 Å². The quantitative estimate of drug-likeness (QED) is 0.352. The van der Waals surface area contributed by atoms with Crippen LogP contribution in [0.2, 0.25) is 0 Å². The molecule has 174 valence electrons. The normalized spacial score (nSPS) is 11.0. The van der Waals surface area contributed by atoms with Crippen LogP contribution in [0, 0.1) is 0 Å². The Morgan fingerprint density at radius 2 is 1.74 bits per heavy atom. The first kappa shape index (κ1) is 22.8. The average Bonchev–Trinajstić information content (AvgIpc) is 3.32. The highest BCUT2D eigenvalue weighted by Crippen LogP contribution is 2.31. The molecule has 1 amide bonds. The average molecular weight is 480 g/mol. The molecule has 11 heteroatoms. The van der Waals surface area contributed by atoms with Crippen LogP contribution in [0.1, 0.15) is 10.4 Å². The fourth-order valence-electron chi connectivity index (χ4n) is 3.14. The van der Waals surface area contributed by atoms with Crippen molar-refractivity contribution in [3.05, 3.63) is 78.4 Å². The molecule has 1 aromatic heterocycles. The van der Waals surface area contributed by atoms with Gasteiger partial charge in [0.1, 0.15) is 11.5 Å². The Hall–Kier alpha value is -4.38. The molecule has 0 saturated heterocycles. The van der Waals surface area contributed by atoms with Crippen molar-refractivity contribution in [3.63, 3.8) is 0 Å². The second-order valence-corrected chi connectivity index (χ2v) is 8.71. The lowest BCUT2D eigenvalue weighted by Crippen LogP contribution is -2.15. The number of H-pyrrole nitrogens is 1. The zero-order valence-corrected chi connectivity index (χ0v) is 19.1. The van der Waals surface area contributed by atoms with Crippen LogP contribution in [0.5, 0.6) is 11.5 Å². The van der Waals surface area contributed by atoms with Crippen molar-refractivity contribution in [2.45, 2.75) is 4.90 Å². The lowest BCUT2D eigenvalue weighted by Gasteiger charge is -2.09. The zero-order chi connectivity index (χ0) is 24.1. The monoisotopic (exact) mass is 479 g/mol.